The fraction of sp³-hybridized carbons (Fsp3) is 0.154. The molecule has 1 aromatic heterocycles. The van der Waals surface area contributed by atoms with E-state index in [1.165, 1.54) is 12.1 Å². The maximum absolute atomic E-state index is 13.4. The number of hydrogen-bond acceptors (Lipinski definition) is 4. The van der Waals surface area contributed by atoms with Crippen molar-refractivity contribution in [1.29, 1.82) is 5.41 Å². The first kappa shape index (κ1) is 25.2. The predicted octanol–water partition coefficient (Wildman–Crippen LogP) is 4.88. The summed E-state index contributed by atoms with van der Waals surface area (Å²) in [6, 6.07) is 12.8. The van der Waals surface area contributed by atoms with Gasteiger partial charge in [0, 0.05) is 27.9 Å². The number of aryl methyl sites for hydroxylation is 2. The van der Waals surface area contributed by atoms with E-state index in [2.05, 4.69) is 22.1 Å². The van der Waals surface area contributed by atoms with E-state index >= 15 is 0 Å². The molecular weight excluding hydrogens is 457 g/mol. The minimum Gasteiger partial charge on any atom is -0.387 e. The molecule has 0 atom stereocenters. The van der Waals surface area contributed by atoms with Crippen molar-refractivity contribution in [1.82, 2.24) is 4.98 Å². The highest BCUT2D eigenvalue weighted by molar-refractivity contribution is 6.08. The summed E-state index contributed by atoms with van der Waals surface area (Å²) in [5.74, 6) is 4.20. The van der Waals surface area contributed by atoms with Crippen LogP contribution >= 0.6 is 0 Å². The molecule has 3 rings (SSSR count). The van der Waals surface area contributed by atoms with Gasteiger partial charge >= 0.3 is 6.18 Å². The molecule has 0 saturated heterocycles. The molecule has 0 aliphatic carbocycles. The van der Waals surface area contributed by atoms with Crippen LogP contribution in [-0.4, -0.2) is 22.5 Å². The third-order valence-corrected chi connectivity index (χ3v) is 4.90. The van der Waals surface area contributed by atoms with Gasteiger partial charge in [-0.05, 0) is 61.9 Å². The fourth-order valence-corrected chi connectivity index (χ4v) is 3.18. The maximum Gasteiger partial charge on any atom is 0.416 e. The lowest BCUT2D eigenvalue weighted by Gasteiger charge is -2.10. The van der Waals surface area contributed by atoms with Crippen molar-refractivity contribution >= 4 is 23.3 Å². The van der Waals surface area contributed by atoms with Gasteiger partial charge in [-0.15, -0.1) is 0 Å². The van der Waals surface area contributed by atoms with E-state index in [1.54, 1.807) is 44.2 Å². The molecule has 0 radical (unpaired) electrons. The molecule has 1 heterocycles. The van der Waals surface area contributed by atoms with Crippen LogP contribution in [0.25, 0.3) is 0 Å². The van der Waals surface area contributed by atoms with Crippen LogP contribution in [0.4, 0.5) is 19.0 Å². The molecule has 0 aliphatic heterocycles. The standard InChI is InChI=1S/C26H21F3N4O2/c1-15-6-7-17(12-21(15)25(35)33-24-5-3-4-16(2)32-24)8-9-18-10-19(22(34)14-23(30)31)13-20(11-18)26(27,28)29/h3-7,10-13H,14H2,1-2H3,(H3,30,31)(H,32,33,35). The number of benzene rings is 2. The number of amidine groups is 1. The Kier molecular flexibility index (Phi) is 7.35. The van der Waals surface area contributed by atoms with E-state index in [-0.39, 0.29) is 11.1 Å². The van der Waals surface area contributed by atoms with Crippen LogP contribution < -0.4 is 11.1 Å². The summed E-state index contributed by atoms with van der Waals surface area (Å²) < 4.78 is 40.1. The minimum absolute atomic E-state index is 0.0396. The number of pyridine rings is 1. The molecule has 6 nitrogen and oxygen atoms in total. The van der Waals surface area contributed by atoms with Gasteiger partial charge in [-0.1, -0.05) is 24.0 Å². The van der Waals surface area contributed by atoms with Gasteiger partial charge in [0.1, 0.15) is 5.82 Å². The molecule has 3 aromatic rings. The van der Waals surface area contributed by atoms with E-state index in [0.717, 1.165) is 11.8 Å². The SMILES string of the molecule is Cc1cccc(NC(=O)c2cc(C#Cc3cc(C(=O)CC(=N)N)cc(C(F)(F)F)c3)ccc2C)n1. The first-order valence-corrected chi connectivity index (χ1v) is 10.4. The lowest BCUT2D eigenvalue weighted by molar-refractivity contribution is -0.137. The lowest BCUT2D eigenvalue weighted by Crippen LogP contribution is -2.16. The van der Waals surface area contributed by atoms with Gasteiger partial charge in [-0.3, -0.25) is 15.0 Å². The number of anilines is 1. The Bertz CT molecular complexity index is 1390. The van der Waals surface area contributed by atoms with Crippen LogP contribution in [0.3, 0.4) is 0 Å². The molecular formula is C26H21F3N4O2. The van der Waals surface area contributed by atoms with Gasteiger partial charge in [-0.2, -0.15) is 13.2 Å². The van der Waals surface area contributed by atoms with Crippen LogP contribution in [-0.2, 0) is 6.18 Å². The second-order valence-corrected chi connectivity index (χ2v) is 7.82. The molecule has 0 spiro atoms. The number of carbonyl (C=O) groups is 2. The zero-order valence-electron chi connectivity index (χ0n) is 18.9. The second-order valence-electron chi connectivity index (χ2n) is 7.82. The number of nitrogens with one attached hydrogen (secondary N) is 2. The average molecular weight is 478 g/mol. The van der Waals surface area contributed by atoms with Crippen molar-refractivity contribution in [3.05, 3.63) is 93.7 Å². The molecule has 0 saturated carbocycles. The van der Waals surface area contributed by atoms with Crippen LogP contribution in [0.5, 0.6) is 0 Å². The number of halogens is 3. The van der Waals surface area contributed by atoms with E-state index in [4.69, 9.17) is 11.1 Å². The van der Waals surface area contributed by atoms with Gasteiger partial charge in [0.2, 0.25) is 0 Å². The summed E-state index contributed by atoms with van der Waals surface area (Å²) >= 11 is 0. The minimum atomic E-state index is -4.69. The van der Waals surface area contributed by atoms with Gasteiger partial charge < -0.3 is 11.1 Å². The number of nitrogens with zero attached hydrogens (tertiary/aromatic N) is 1. The molecule has 0 unspecified atom stereocenters. The Balaban J connectivity index is 1.94. The van der Waals surface area contributed by atoms with Gasteiger partial charge in [-0.25, -0.2) is 4.98 Å². The molecule has 4 N–H and O–H groups in total. The zero-order valence-corrected chi connectivity index (χ0v) is 18.9. The summed E-state index contributed by atoms with van der Waals surface area (Å²) in [5.41, 5.74) is 6.04. The Morgan fingerprint density at radius 3 is 2.40 bits per heavy atom. The summed E-state index contributed by atoms with van der Waals surface area (Å²) in [7, 11) is 0. The largest absolute Gasteiger partial charge is 0.416 e. The summed E-state index contributed by atoms with van der Waals surface area (Å²) in [5, 5.41) is 9.93. The number of nitrogens with two attached hydrogens (primary N) is 1. The topological polar surface area (TPSA) is 109 Å². The van der Waals surface area contributed by atoms with Crippen LogP contribution in [0.15, 0.2) is 54.6 Å². The number of aromatic nitrogens is 1. The first-order chi connectivity index (χ1) is 16.4. The summed E-state index contributed by atoms with van der Waals surface area (Å²) in [6.45, 7) is 3.54. The molecule has 0 fully saturated rings. The summed E-state index contributed by atoms with van der Waals surface area (Å²) in [4.78, 5) is 29.2. The Hall–Kier alpha value is -4.45. The van der Waals surface area contributed by atoms with Crippen molar-refractivity contribution in [3.63, 3.8) is 0 Å². The molecule has 0 aliphatic rings. The number of hydrogen-bond donors (Lipinski definition) is 3. The second kappa shape index (κ2) is 10.2. The number of carbonyl (C=O) groups excluding carboxylic acids is 2. The number of Topliss-reactive ketones (excluding diaryl/α,β-unsaturated/α-hetero) is 1. The normalized spacial score (nSPS) is 10.8. The monoisotopic (exact) mass is 478 g/mol. The highest BCUT2D eigenvalue weighted by atomic mass is 19.4. The van der Waals surface area contributed by atoms with Crippen molar-refractivity contribution in [2.75, 3.05) is 5.32 Å². The maximum atomic E-state index is 13.4. The number of amides is 1. The third kappa shape index (κ3) is 6.77. The number of alkyl halides is 3. The van der Waals surface area contributed by atoms with E-state index < -0.39 is 35.7 Å². The Morgan fingerprint density at radius 2 is 1.74 bits per heavy atom. The molecule has 9 heteroatoms. The van der Waals surface area contributed by atoms with E-state index in [9.17, 15) is 22.8 Å². The molecule has 178 valence electrons. The van der Waals surface area contributed by atoms with E-state index in [0.29, 0.717) is 28.6 Å². The number of ketones is 1. The highest BCUT2D eigenvalue weighted by Gasteiger charge is 2.31. The molecule has 2 aromatic carbocycles. The van der Waals surface area contributed by atoms with E-state index in [1.807, 2.05) is 0 Å². The zero-order chi connectivity index (χ0) is 25.8. The van der Waals surface area contributed by atoms with Crippen LogP contribution in [0.2, 0.25) is 0 Å². The van der Waals surface area contributed by atoms with Crippen molar-refractivity contribution in [3.8, 4) is 11.8 Å². The third-order valence-electron chi connectivity index (χ3n) is 4.90. The lowest BCUT2D eigenvalue weighted by atomic mass is 10.00. The van der Waals surface area contributed by atoms with Gasteiger partial charge in [0.05, 0.1) is 17.8 Å². The van der Waals surface area contributed by atoms with Crippen molar-refractivity contribution < 1.29 is 22.8 Å². The molecule has 35 heavy (non-hydrogen) atoms. The van der Waals surface area contributed by atoms with Crippen LogP contribution in [0, 0.1) is 31.1 Å². The Morgan fingerprint density at radius 1 is 1.03 bits per heavy atom. The molecule has 0 bridgehead atoms. The van der Waals surface area contributed by atoms with Crippen molar-refractivity contribution in [2.24, 2.45) is 5.73 Å². The first-order valence-electron chi connectivity index (χ1n) is 10.4. The molecule has 1 amide bonds. The van der Waals surface area contributed by atoms with Crippen LogP contribution in [0.1, 0.15) is 55.1 Å². The smallest absolute Gasteiger partial charge is 0.387 e. The highest BCUT2D eigenvalue weighted by Crippen LogP contribution is 2.31. The van der Waals surface area contributed by atoms with Gasteiger partial charge in [0.25, 0.3) is 5.91 Å². The average Bonchev–Trinajstić information content (AvgIpc) is 2.77. The quantitative estimate of drug-likeness (QED) is 0.210. The summed E-state index contributed by atoms with van der Waals surface area (Å²) in [6.07, 6.45) is -5.19. The fourth-order valence-electron chi connectivity index (χ4n) is 3.18. The number of rotatable bonds is 5. The Labute approximate surface area is 199 Å². The van der Waals surface area contributed by atoms with Crippen molar-refractivity contribution in [2.45, 2.75) is 26.4 Å². The predicted molar refractivity (Wildman–Crippen MR) is 126 cm³/mol. The van der Waals surface area contributed by atoms with Gasteiger partial charge in [0.15, 0.2) is 5.78 Å².